The molecule has 18 heavy (non-hydrogen) atoms. The van der Waals surface area contributed by atoms with Crippen molar-refractivity contribution in [3.05, 3.63) is 35.4 Å². The first-order chi connectivity index (χ1) is 8.58. The smallest absolute Gasteiger partial charge is 0.317 e. The molecule has 0 aliphatic heterocycles. The van der Waals surface area contributed by atoms with Crippen LogP contribution in [0.4, 0.5) is 0 Å². The minimum Gasteiger partial charge on any atom is -0.480 e. The van der Waals surface area contributed by atoms with Crippen LogP contribution in [0.15, 0.2) is 24.3 Å². The van der Waals surface area contributed by atoms with Gasteiger partial charge >= 0.3 is 5.97 Å². The predicted molar refractivity (Wildman–Crippen MR) is 71.7 cm³/mol. The summed E-state index contributed by atoms with van der Waals surface area (Å²) < 4.78 is 0. The molecule has 98 valence electrons. The number of aryl methyl sites for hydroxylation is 1. The fraction of sp³-hybridized carbons (Fsp3) is 0.533. The van der Waals surface area contributed by atoms with Crippen molar-refractivity contribution in [1.82, 2.24) is 4.90 Å². The molecule has 0 aromatic heterocycles. The molecule has 2 rings (SSSR count). The molecule has 1 aliphatic carbocycles. The third-order valence-electron chi connectivity index (χ3n) is 3.77. The lowest BCUT2D eigenvalue weighted by molar-refractivity contribution is -0.139. The van der Waals surface area contributed by atoms with E-state index in [1.165, 1.54) is 11.1 Å². The Morgan fingerprint density at radius 2 is 2.06 bits per heavy atom. The van der Waals surface area contributed by atoms with Crippen molar-refractivity contribution in [2.75, 3.05) is 6.54 Å². The Hall–Kier alpha value is -1.35. The van der Waals surface area contributed by atoms with Gasteiger partial charge in [0.05, 0.1) is 6.54 Å². The van der Waals surface area contributed by atoms with Crippen LogP contribution in [-0.4, -0.2) is 34.6 Å². The molecular formula is C15H21NO2. The quantitative estimate of drug-likeness (QED) is 0.887. The zero-order valence-corrected chi connectivity index (χ0v) is 11.1. The van der Waals surface area contributed by atoms with Gasteiger partial charge in [-0.15, -0.1) is 0 Å². The highest BCUT2D eigenvalue weighted by atomic mass is 16.4. The molecule has 0 saturated carbocycles. The van der Waals surface area contributed by atoms with Crippen LogP contribution < -0.4 is 0 Å². The Kier molecular flexibility index (Phi) is 4.02. The highest BCUT2D eigenvalue weighted by Gasteiger charge is 2.27. The lowest BCUT2D eigenvalue weighted by atomic mass is 9.87. The van der Waals surface area contributed by atoms with Crippen molar-refractivity contribution >= 4 is 5.97 Å². The molecule has 1 aliphatic rings. The van der Waals surface area contributed by atoms with Gasteiger partial charge in [-0.1, -0.05) is 24.3 Å². The lowest BCUT2D eigenvalue weighted by Crippen LogP contribution is -2.46. The molecule has 3 heteroatoms. The summed E-state index contributed by atoms with van der Waals surface area (Å²) in [5.41, 5.74) is 2.80. The average Bonchev–Trinajstić information content (AvgIpc) is 2.35. The molecule has 0 bridgehead atoms. The van der Waals surface area contributed by atoms with E-state index in [9.17, 15) is 4.79 Å². The molecule has 1 N–H and O–H groups in total. The number of nitrogens with zero attached hydrogens (tertiary/aromatic N) is 1. The highest BCUT2D eigenvalue weighted by Crippen LogP contribution is 2.25. The van der Waals surface area contributed by atoms with Crippen LogP contribution in [0, 0.1) is 0 Å². The summed E-state index contributed by atoms with van der Waals surface area (Å²) in [5, 5.41) is 9.02. The van der Waals surface area contributed by atoms with Gasteiger partial charge in [-0.25, -0.2) is 0 Å². The van der Waals surface area contributed by atoms with Gasteiger partial charge in [0.25, 0.3) is 0 Å². The number of benzene rings is 1. The Labute approximate surface area is 108 Å². The van der Waals surface area contributed by atoms with E-state index < -0.39 is 5.97 Å². The second kappa shape index (κ2) is 5.53. The summed E-state index contributed by atoms with van der Waals surface area (Å²) in [5.74, 6) is -0.734. The van der Waals surface area contributed by atoms with E-state index in [2.05, 4.69) is 43.0 Å². The Morgan fingerprint density at radius 3 is 2.67 bits per heavy atom. The first-order valence-electron chi connectivity index (χ1n) is 6.62. The normalized spacial score (nSPS) is 19.0. The fourth-order valence-corrected chi connectivity index (χ4v) is 2.85. The molecule has 1 aromatic rings. The van der Waals surface area contributed by atoms with Crippen LogP contribution in [0.1, 0.15) is 31.4 Å². The van der Waals surface area contributed by atoms with Gasteiger partial charge in [0.1, 0.15) is 0 Å². The zero-order chi connectivity index (χ0) is 13.1. The van der Waals surface area contributed by atoms with Crippen LogP contribution in [0.25, 0.3) is 0 Å². The Morgan fingerprint density at radius 1 is 1.39 bits per heavy atom. The van der Waals surface area contributed by atoms with E-state index in [-0.39, 0.29) is 12.6 Å². The first kappa shape index (κ1) is 13.1. The topological polar surface area (TPSA) is 40.5 Å². The third-order valence-corrected chi connectivity index (χ3v) is 3.77. The molecule has 0 radical (unpaired) electrons. The molecule has 0 saturated heterocycles. The zero-order valence-electron chi connectivity index (χ0n) is 11.1. The number of carbonyl (C=O) groups is 1. The van der Waals surface area contributed by atoms with Gasteiger partial charge in [0.2, 0.25) is 0 Å². The number of hydrogen-bond acceptors (Lipinski definition) is 2. The number of fused-ring (bicyclic) bond motifs is 1. The Bertz CT molecular complexity index is 428. The molecule has 0 amide bonds. The van der Waals surface area contributed by atoms with Gasteiger partial charge in [-0.2, -0.15) is 0 Å². The fourth-order valence-electron chi connectivity index (χ4n) is 2.85. The van der Waals surface area contributed by atoms with Gasteiger partial charge in [0, 0.05) is 12.1 Å². The van der Waals surface area contributed by atoms with E-state index in [4.69, 9.17) is 5.11 Å². The van der Waals surface area contributed by atoms with Crippen LogP contribution in [-0.2, 0) is 17.6 Å². The molecule has 0 heterocycles. The number of carboxylic acid groups (broad SMARTS) is 1. The van der Waals surface area contributed by atoms with E-state index in [1.54, 1.807) is 0 Å². The minimum absolute atomic E-state index is 0.143. The van der Waals surface area contributed by atoms with E-state index in [1.807, 2.05) is 0 Å². The maximum atomic E-state index is 11.0. The van der Waals surface area contributed by atoms with Crippen molar-refractivity contribution < 1.29 is 9.90 Å². The monoisotopic (exact) mass is 247 g/mol. The van der Waals surface area contributed by atoms with Crippen molar-refractivity contribution in [3.63, 3.8) is 0 Å². The summed E-state index contributed by atoms with van der Waals surface area (Å²) in [6.07, 6.45) is 3.09. The van der Waals surface area contributed by atoms with Gasteiger partial charge in [-0.3, -0.25) is 9.69 Å². The molecule has 1 atom stereocenters. The van der Waals surface area contributed by atoms with Crippen LogP contribution >= 0.6 is 0 Å². The van der Waals surface area contributed by atoms with Crippen molar-refractivity contribution in [2.24, 2.45) is 0 Å². The van der Waals surface area contributed by atoms with Gasteiger partial charge in [-0.05, 0) is 44.2 Å². The summed E-state index contributed by atoms with van der Waals surface area (Å²) in [7, 11) is 0. The highest BCUT2D eigenvalue weighted by molar-refractivity contribution is 5.69. The predicted octanol–water partition coefficient (Wildman–Crippen LogP) is 2.34. The molecule has 0 fully saturated rings. The number of rotatable bonds is 4. The minimum atomic E-state index is -0.734. The summed E-state index contributed by atoms with van der Waals surface area (Å²) in [6.45, 7) is 4.29. The van der Waals surface area contributed by atoms with Crippen molar-refractivity contribution in [1.29, 1.82) is 0 Å². The second-order valence-corrected chi connectivity index (χ2v) is 5.33. The standard InChI is InChI=1S/C15H21NO2/c1-11(2)16(10-15(17)18)14-8-7-12-5-3-4-6-13(12)9-14/h3-6,11,14H,7-10H2,1-2H3,(H,17,18). The lowest BCUT2D eigenvalue weighted by Gasteiger charge is -2.36. The van der Waals surface area contributed by atoms with E-state index in [0.717, 1.165) is 19.3 Å². The summed E-state index contributed by atoms with van der Waals surface area (Å²) in [4.78, 5) is 13.1. The number of aliphatic carboxylic acids is 1. The van der Waals surface area contributed by atoms with Crippen LogP contribution in [0.5, 0.6) is 0 Å². The third kappa shape index (κ3) is 2.91. The van der Waals surface area contributed by atoms with E-state index in [0.29, 0.717) is 6.04 Å². The molecular weight excluding hydrogens is 226 g/mol. The summed E-state index contributed by atoms with van der Waals surface area (Å²) in [6, 6.07) is 9.13. The van der Waals surface area contributed by atoms with Crippen molar-refractivity contribution in [2.45, 2.75) is 45.2 Å². The number of carboxylic acids is 1. The second-order valence-electron chi connectivity index (χ2n) is 5.33. The summed E-state index contributed by atoms with van der Waals surface area (Å²) >= 11 is 0. The maximum Gasteiger partial charge on any atom is 0.317 e. The van der Waals surface area contributed by atoms with Crippen molar-refractivity contribution in [3.8, 4) is 0 Å². The SMILES string of the molecule is CC(C)N(CC(=O)O)C1CCc2ccccc2C1. The molecule has 0 spiro atoms. The Balaban J connectivity index is 2.12. The molecule has 3 nitrogen and oxygen atoms in total. The van der Waals surface area contributed by atoms with Crippen LogP contribution in [0.3, 0.4) is 0 Å². The largest absolute Gasteiger partial charge is 0.480 e. The molecule has 1 aromatic carbocycles. The van der Waals surface area contributed by atoms with Gasteiger partial charge < -0.3 is 5.11 Å². The first-order valence-corrected chi connectivity index (χ1v) is 6.62. The number of hydrogen-bond donors (Lipinski definition) is 1. The maximum absolute atomic E-state index is 11.0. The van der Waals surface area contributed by atoms with E-state index >= 15 is 0 Å². The molecule has 1 unspecified atom stereocenters. The average molecular weight is 247 g/mol. The van der Waals surface area contributed by atoms with Gasteiger partial charge in [0.15, 0.2) is 0 Å². The van der Waals surface area contributed by atoms with Crippen LogP contribution in [0.2, 0.25) is 0 Å².